The van der Waals surface area contributed by atoms with Gasteiger partial charge >= 0.3 is 0 Å². The van der Waals surface area contributed by atoms with Crippen LogP contribution >= 0.6 is 11.3 Å². The number of hydrogen-bond donors (Lipinski definition) is 2. The molecule has 5 heterocycles. The zero-order valence-corrected chi connectivity index (χ0v) is 23.1. The minimum Gasteiger partial charge on any atom is -0.379 e. The Morgan fingerprint density at radius 2 is 1.97 bits per heavy atom. The van der Waals surface area contributed by atoms with Crippen molar-refractivity contribution in [3.8, 4) is 0 Å². The SMILES string of the molecule is CC1=CC(c2[nH]c3cc(C(=O)N(C)C4CCC(N5CCOCC5)CC4)sc3c2C(C)C)=CN2N=CNC12. The van der Waals surface area contributed by atoms with Gasteiger partial charge in [0.15, 0.2) is 0 Å². The summed E-state index contributed by atoms with van der Waals surface area (Å²) in [6, 6.07) is 3.01. The molecule has 0 bridgehead atoms. The van der Waals surface area contributed by atoms with E-state index in [1.54, 1.807) is 17.7 Å². The first-order chi connectivity index (χ1) is 17.9. The molecule has 1 amide bonds. The third-order valence-electron chi connectivity index (χ3n) is 8.45. The smallest absolute Gasteiger partial charge is 0.264 e. The Balaban J connectivity index is 1.20. The highest BCUT2D eigenvalue weighted by atomic mass is 32.1. The zero-order chi connectivity index (χ0) is 25.7. The molecule has 0 radical (unpaired) electrons. The summed E-state index contributed by atoms with van der Waals surface area (Å²) < 4.78 is 6.71. The van der Waals surface area contributed by atoms with Crippen molar-refractivity contribution >= 4 is 39.4 Å². The highest BCUT2D eigenvalue weighted by Crippen LogP contribution is 2.40. The second-order valence-corrected chi connectivity index (χ2v) is 12.2. The van der Waals surface area contributed by atoms with Crippen LogP contribution in [0.2, 0.25) is 0 Å². The molecule has 4 aliphatic rings. The van der Waals surface area contributed by atoms with Crippen LogP contribution < -0.4 is 5.32 Å². The van der Waals surface area contributed by atoms with Crippen LogP contribution in [0.25, 0.3) is 15.8 Å². The van der Waals surface area contributed by atoms with Crippen molar-refractivity contribution in [1.29, 1.82) is 0 Å². The summed E-state index contributed by atoms with van der Waals surface area (Å²) in [6.07, 6.45) is 10.7. The van der Waals surface area contributed by atoms with E-state index in [1.165, 1.54) is 15.8 Å². The van der Waals surface area contributed by atoms with E-state index in [2.05, 4.69) is 59.4 Å². The summed E-state index contributed by atoms with van der Waals surface area (Å²) in [4.78, 5) is 22.7. The minimum absolute atomic E-state index is 0.103. The van der Waals surface area contributed by atoms with Crippen molar-refractivity contribution in [3.63, 3.8) is 0 Å². The number of rotatable bonds is 5. The molecule has 0 aromatic carbocycles. The Kier molecular flexibility index (Phi) is 6.63. The summed E-state index contributed by atoms with van der Waals surface area (Å²) >= 11 is 1.63. The second-order valence-electron chi connectivity index (χ2n) is 11.1. The first-order valence-electron chi connectivity index (χ1n) is 13.6. The average Bonchev–Trinajstić information content (AvgIpc) is 3.63. The molecule has 1 saturated carbocycles. The van der Waals surface area contributed by atoms with Gasteiger partial charge in [-0.1, -0.05) is 13.8 Å². The van der Waals surface area contributed by atoms with Crippen LogP contribution in [0.1, 0.15) is 73.3 Å². The molecule has 1 atom stereocenters. The molecule has 9 heteroatoms. The number of ether oxygens (including phenoxy) is 1. The number of amides is 1. The lowest BCUT2D eigenvalue weighted by Gasteiger charge is -2.40. The number of aromatic amines is 1. The van der Waals surface area contributed by atoms with Gasteiger partial charge in [0.1, 0.15) is 12.5 Å². The topological polar surface area (TPSA) is 76.2 Å². The molecule has 6 rings (SSSR count). The van der Waals surface area contributed by atoms with Crippen LogP contribution in [0.3, 0.4) is 0 Å². The molecular weight excluding hydrogens is 484 g/mol. The molecule has 2 aromatic heterocycles. The van der Waals surface area contributed by atoms with E-state index in [4.69, 9.17) is 4.74 Å². The van der Waals surface area contributed by atoms with E-state index < -0.39 is 0 Å². The number of aromatic nitrogens is 1. The van der Waals surface area contributed by atoms with E-state index >= 15 is 0 Å². The van der Waals surface area contributed by atoms with E-state index in [0.717, 1.165) is 73.6 Å². The van der Waals surface area contributed by atoms with Gasteiger partial charge in [-0.25, -0.2) is 5.01 Å². The maximum atomic E-state index is 13.6. The monoisotopic (exact) mass is 522 g/mol. The number of fused-ring (bicyclic) bond motifs is 2. The van der Waals surface area contributed by atoms with E-state index in [0.29, 0.717) is 18.0 Å². The first-order valence-corrected chi connectivity index (χ1v) is 14.4. The third-order valence-corrected chi connectivity index (χ3v) is 9.61. The van der Waals surface area contributed by atoms with Gasteiger partial charge in [0, 0.05) is 44.0 Å². The normalized spacial score (nSPS) is 26.3. The maximum absolute atomic E-state index is 13.6. The largest absolute Gasteiger partial charge is 0.379 e. The molecule has 3 aliphatic heterocycles. The Labute approximate surface area is 223 Å². The van der Waals surface area contributed by atoms with Crippen LogP contribution in [0.4, 0.5) is 0 Å². The van der Waals surface area contributed by atoms with Crippen molar-refractivity contribution in [2.75, 3.05) is 33.4 Å². The van der Waals surface area contributed by atoms with Crippen molar-refractivity contribution in [1.82, 2.24) is 25.1 Å². The van der Waals surface area contributed by atoms with Gasteiger partial charge in [0.05, 0.1) is 34.0 Å². The molecule has 8 nitrogen and oxygen atoms in total. The predicted molar refractivity (Wildman–Crippen MR) is 150 cm³/mol. The number of carbonyl (C=O) groups is 1. The number of H-pyrrole nitrogens is 1. The van der Waals surface area contributed by atoms with Crippen LogP contribution in [0.5, 0.6) is 0 Å². The molecule has 2 N–H and O–H groups in total. The number of nitrogens with one attached hydrogen (secondary N) is 2. The van der Waals surface area contributed by atoms with Gasteiger partial charge in [-0.15, -0.1) is 11.3 Å². The van der Waals surface area contributed by atoms with Crippen molar-refractivity contribution in [3.05, 3.63) is 40.0 Å². The number of nitrogens with zero attached hydrogens (tertiary/aromatic N) is 4. The Bertz CT molecular complexity index is 1260. The number of allylic oxidation sites excluding steroid dienone is 2. The van der Waals surface area contributed by atoms with Gasteiger partial charge in [-0.05, 0) is 61.8 Å². The summed E-state index contributed by atoms with van der Waals surface area (Å²) in [5, 5.41) is 9.70. The highest BCUT2D eigenvalue weighted by molar-refractivity contribution is 7.21. The number of hydrazone groups is 1. The van der Waals surface area contributed by atoms with Crippen molar-refractivity contribution in [2.24, 2.45) is 5.10 Å². The lowest BCUT2D eigenvalue weighted by atomic mass is 9.89. The minimum atomic E-state index is 0.103. The van der Waals surface area contributed by atoms with Crippen LogP contribution in [-0.4, -0.2) is 83.6 Å². The van der Waals surface area contributed by atoms with E-state index in [-0.39, 0.29) is 12.1 Å². The van der Waals surface area contributed by atoms with Crippen LogP contribution in [0.15, 0.2) is 29.0 Å². The van der Waals surface area contributed by atoms with E-state index in [1.807, 2.05) is 17.0 Å². The lowest BCUT2D eigenvalue weighted by molar-refractivity contribution is 0.00263. The predicted octanol–water partition coefficient (Wildman–Crippen LogP) is 4.54. The van der Waals surface area contributed by atoms with Crippen LogP contribution in [0, 0.1) is 0 Å². The zero-order valence-electron chi connectivity index (χ0n) is 22.3. The van der Waals surface area contributed by atoms with Gasteiger partial charge < -0.3 is 19.9 Å². The lowest BCUT2D eigenvalue weighted by Crippen LogP contribution is -2.48. The fourth-order valence-electron chi connectivity index (χ4n) is 6.38. The van der Waals surface area contributed by atoms with Crippen molar-refractivity contribution < 1.29 is 9.53 Å². The van der Waals surface area contributed by atoms with E-state index in [9.17, 15) is 4.79 Å². The average molecular weight is 523 g/mol. The second kappa shape index (κ2) is 9.93. The number of morpholine rings is 1. The summed E-state index contributed by atoms with van der Waals surface area (Å²) in [5.41, 5.74) is 5.81. The molecule has 2 fully saturated rings. The van der Waals surface area contributed by atoms with Gasteiger partial charge in [-0.3, -0.25) is 9.69 Å². The molecule has 1 saturated heterocycles. The molecule has 2 aromatic rings. The molecule has 1 unspecified atom stereocenters. The maximum Gasteiger partial charge on any atom is 0.264 e. The fraction of sp³-hybridized carbons (Fsp3) is 0.571. The quantitative estimate of drug-likeness (QED) is 0.603. The Morgan fingerprint density at radius 1 is 1.22 bits per heavy atom. The first kappa shape index (κ1) is 24.7. The molecule has 1 aliphatic carbocycles. The number of carbonyl (C=O) groups excluding carboxylic acids is 1. The molecular formula is C28H38N6O2S. The van der Waals surface area contributed by atoms with Gasteiger partial charge in [0.2, 0.25) is 0 Å². The standard InChI is InChI=1S/C28H38N6O2S/c1-17(2)24-25(19-13-18(3)27-29-16-30-34(27)15-19)31-22-14-23(37-26(22)24)28(35)32(4)20-5-7-21(8-6-20)33-9-11-36-12-10-33/h13-17,20-21,27,31H,5-12H2,1-4H3,(H,29,30). The summed E-state index contributed by atoms with van der Waals surface area (Å²) in [6.45, 7) is 10.4. The van der Waals surface area contributed by atoms with Gasteiger partial charge in [-0.2, -0.15) is 5.10 Å². The van der Waals surface area contributed by atoms with Gasteiger partial charge in [0.25, 0.3) is 5.91 Å². The molecule has 0 spiro atoms. The van der Waals surface area contributed by atoms with Crippen molar-refractivity contribution in [2.45, 2.75) is 70.6 Å². The molecule has 37 heavy (non-hydrogen) atoms. The highest BCUT2D eigenvalue weighted by Gasteiger charge is 2.32. The molecule has 198 valence electrons. The van der Waals surface area contributed by atoms with Crippen LogP contribution in [-0.2, 0) is 4.74 Å². The number of hydrogen-bond acceptors (Lipinski definition) is 7. The third kappa shape index (κ3) is 4.51. The Morgan fingerprint density at radius 3 is 2.70 bits per heavy atom. The summed E-state index contributed by atoms with van der Waals surface area (Å²) in [5.74, 6) is 0.472. The fourth-order valence-corrected chi connectivity index (χ4v) is 7.67. The Hall–Kier alpha value is -2.62. The summed E-state index contributed by atoms with van der Waals surface area (Å²) in [7, 11) is 1.99. The number of thiophene rings is 1.